The molecule has 8 heteroatoms. The highest BCUT2D eigenvalue weighted by atomic mass is 19.3. The van der Waals surface area contributed by atoms with Gasteiger partial charge in [0.05, 0.1) is 22.4 Å². The number of halogens is 2. The van der Waals surface area contributed by atoms with Gasteiger partial charge in [-0.2, -0.15) is 0 Å². The van der Waals surface area contributed by atoms with Crippen molar-refractivity contribution >= 4 is 28.2 Å². The summed E-state index contributed by atoms with van der Waals surface area (Å²) in [5.41, 5.74) is 9.73. The Morgan fingerprint density at radius 3 is 2.50 bits per heavy atom. The van der Waals surface area contributed by atoms with Gasteiger partial charge in [-0.15, -0.1) is 0 Å². The molecule has 0 spiro atoms. The Hall–Kier alpha value is -3.42. The number of esters is 1. The molecule has 6 nitrogen and oxygen atoms in total. The predicted octanol–water partition coefficient (Wildman–Crippen LogP) is 2.88. The van der Waals surface area contributed by atoms with Crippen LogP contribution in [0.1, 0.15) is 26.5 Å². The molecule has 0 fully saturated rings. The highest BCUT2D eigenvalue weighted by Crippen LogP contribution is 2.29. The summed E-state index contributed by atoms with van der Waals surface area (Å²) >= 11 is 0. The van der Waals surface area contributed by atoms with Gasteiger partial charge in [-0.05, 0) is 30.3 Å². The van der Waals surface area contributed by atoms with Gasteiger partial charge in [-0.1, -0.05) is 12.1 Å². The normalized spacial score (nSPS) is 13.3. The molecule has 0 aliphatic rings. The van der Waals surface area contributed by atoms with Gasteiger partial charge in [0.25, 0.3) is 12.0 Å². The second kappa shape index (κ2) is 6.47. The monoisotopic (exact) mass is 362 g/mol. The number of pyridine rings is 1. The van der Waals surface area contributed by atoms with Crippen molar-refractivity contribution in [3.05, 3.63) is 63.9 Å². The van der Waals surface area contributed by atoms with Crippen LogP contribution in [0.2, 0.25) is 0 Å². The zero-order valence-electron chi connectivity index (χ0n) is 16.2. The third-order valence-corrected chi connectivity index (χ3v) is 3.94. The van der Waals surface area contributed by atoms with Crippen LogP contribution in [0.15, 0.2) is 47.3 Å². The van der Waals surface area contributed by atoms with Gasteiger partial charge >= 0.3 is 5.97 Å². The molecule has 0 atom stereocenters. The van der Waals surface area contributed by atoms with Crippen molar-refractivity contribution in [3.8, 4) is 5.69 Å². The fourth-order valence-electron chi connectivity index (χ4n) is 2.70. The molecule has 3 aromatic rings. The molecule has 0 saturated heterocycles. The van der Waals surface area contributed by atoms with E-state index in [1.807, 2.05) is 0 Å². The SMILES string of the molecule is [2H]C([2H])([2H])OC(=O)c1c(N)c2ccc(C(F)F)cc2n(-c2ccc(N)cc2)c1=O. The van der Waals surface area contributed by atoms with Crippen LogP contribution in [-0.4, -0.2) is 17.6 Å². The quantitative estimate of drug-likeness (QED) is 0.551. The third-order valence-electron chi connectivity index (χ3n) is 3.94. The number of rotatable bonds is 3. The minimum absolute atomic E-state index is 0.0144. The number of anilines is 2. The van der Waals surface area contributed by atoms with E-state index in [2.05, 4.69) is 4.74 Å². The van der Waals surface area contributed by atoms with E-state index in [0.29, 0.717) is 5.69 Å². The molecule has 0 saturated carbocycles. The second-order valence-electron chi connectivity index (χ2n) is 5.49. The summed E-state index contributed by atoms with van der Waals surface area (Å²) in [6.45, 7) is 0. The summed E-state index contributed by atoms with van der Waals surface area (Å²) in [5.74, 6) is -1.45. The number of hydrogen-bond acceptors (Lipinski definition) is 5. The molecule has 2 aromatic carbocycles. The number of benzene rings is 2. The van der Waals surface area contributed by atoms with E-state index in [4.69, 9.17) is 15.6 Å². The maximum absolute atomic E-state index is 13.2. The Kier molecular flexibility index (Phi) is 3.44. The van der Waals surface area contributed by atoms with Crippen molar-refractivity contribution in [2.45, 2.75) is 6.43 Å². The number of carbonyl (C=O) groups is 1. The molecule has 3 rings (SSSR count). The van der Waals surface area contributed by atoms with Crippen molar-refractivity contribution in [2.75, 3.05) is 18.5 Å². The summed E-state index contributed by atoms with van der Waals surface area (Å²) in [4.78, 5) is 25.4. The van der Waals surface area contributed by atoms with Crippen molar-refractivity contribution < 1.29 is 22.4 Å². The minimum Gasteiger partial charge on any atom is -0.465 e. The first kappa shape index (κ1) is 13.8. The molecular weight excluding hydrogens is 344 g/mol. The predicted molar refractivity (Wildman–Crippen MR) is 94.7 cm³/mol. The first-order chi connectivity index (χ1) is 13.5. The molecule has 0 radical (unpaired) electrons. The van der Waals surface area contributed by atoms with Gasteiger partial charge in [0.15, 0.2) is 0 Å². The van der Waals surface area contributed by atoms with Crippen LogP contribution < -0.4 is 17.0 Å². The molecule has 26 heavy (non-hydrogen) atoms. The zero-order chi connectivity index (χ0) is 21.5. The summed E-state index contributed by atoms with van der Waals surface area (Å²) in [7, 11) is -3.10. The smallest absolute Gasteiger partial charge is 0.345 e. The number of ether oxygens (including phenoxy) is 1. The standard InChI is InChI=1S/C18H15F2N3O3/c1-26-18(25)14-15(22)12-7-2-9(16(19)20)8-13(12)23(17(14)24)11-5-3-10(21)4-6-11/h2-8,16H,21-22H2,1H3/i1D3. The van der Waals surface area contributed by atoms with Crippen molar-refractivity contribution in [1.29, 1.82) is 0 Å². The van der Waals surface area contributed by atoms with Crippen molar-refractivity contribution in [2.24, 2.45) is 0 Å². The molecular formula is C18H15F2N3O3. The van der Waals surface area contributed by atoms with E-state index >= 15 is 0 Å². The van der Waals surface area contributed by atoms with Crippen LogP contribution in [0, 0.1) is 0 Å². The number of aromatic nitrogens is 1. The topological polar surface area (TPSA) is 100 Å². The summed E-state index contributed by atoms with van der Waals surface area (Å²) < 4.78 is 52.9. The van der Waals surface area contributed by atoms with Gasteiger partial charge in [-0.25, -0.2) is 13.6 Å². The van der Waals surface area contributed by atoms with E-state index in [0.717, 1.165) is 16.7 Å². The van der Waals surface area contributed by atoms with Gasteiger partial charge in [0, 0.05) is 22.3 Å². The highest BCUT2D eigenvalue weighted by Gasteiger charge is 2.23. The zero-order valence-corrected chi connectivity index (χ0v) is 13.2. The largest absolute Gasteiger partial charge is 0.465 e. The second-order valence-corrected chi connectivity index (χ2v) is 5.49. The van der Waals surface area contributed by atoms with Gasteiger partial charge in [-0.3, -0.25) is 9.36 Å². The average Bonchev–Trinajstić information content (AvgIpc) is 2.61. The van der Waals surface area contributed by atoms with Crippen molar-refractivity contribution in [3.63, 3.8) is 0 Å². The number of methoxy groups -OCH3 is 1. The number of hydrogen-bond donors (Lipinski definition) is 2. The van der Waals surface area contributed by atoms with Crippen LogP contribution in [0.25, 0.3) is 16.6 Å². The number of carbonyl (C=O) groups excluding carboxylic acids is 1. The fraction of sp³-hybridized carbons (Fsp3) is 0.111. The number of nitrogens with zero attached hydrogens (tertiary/aromatic N) is 1. The maximum Gasteiger partial charge on any atom is 0.345 e. The third kappa shape index (κ3) is 2.75. The van der Waals surface area contributed by atoms with Crippen LogP contribution in [0.3, 0.4) is 0 Å². The first-order valence-electron chi connectivity index (χ1n) is 8.85. The van der Waals surface area contributed by atoms with E-state index < -0.39 is 30.6 Å². The molecule has 0 unspecified atom stereocenters. The number of nitrogen functional groups attached to an aromatic ring is 2. The van der Waals surface area contributed by atoms with Gasteiger partial charge in [0.1, 0.15) is 5.56 Å². The summed E-state index contributed by atoms with van der Waals surface area (Å²) in [6, 6.07) is 9.24. The van der Waals surface area contributed by atoms with Gasteiger partial charge in [0.2, 0.25) is 0 Å². The molecule has 4 N–H and O–H groups in total. The van der Waals surface area contributed by atoms with Crippen LogP contribution >= 0.6 is 0 Å². The van der Waals surface area contributed by atoms with E-state index in [1.54, 1.807) is 0 Å². The molecule has 134 valence electrons. The lowest BCUT2D eigenvalue weighted by atomic mass is 10.1. The molecule has 0 amide bonds. The Morgan fingerprint density at radius 1 is 1.19 bits per heavy atom. The Morgan fingerprint density at radius 2 is 1.88 bits per heavy atom. The molecule has 0 aliphatic carbocycles. The van der Waals surface area contributed by atoms with Crippen molar-refractivity contribution in [1.82, 2.24) is 4.57 Å². The lowest BCUT2D eigenvalue weighted by Crippen LogP contribution is -2.28. The van der Waals surface area contributed by atoms with Gasteiger partial charge < -0.3 is 16.2 Å². The minimum atomic E-state index is -3.10. The number of alkyl halides is 2. The molecule has 0 bridgehead atoms. The molecule has 1 heterocycles. The average molecular weight is 362 g/mol. The van der Waals surface area contributed by atoms with Crippen LogP contribution in [0.5, 0.6) is 0 Å². The lowest BCUT2D eigenvalue weighted by molar-refractivity contribution is 0.0600. The molecule has 0 aliphatic heterocycles. The van der Waals surface area contributed by atoms with Crippen LogP contribution in [0.4, 0.5) is 20.2 Å². The van der Waals surface area contributed by atoms with E-state index in [9.17, 15) is 18.4 Å². The molecule has 1 aromatic heterocycles. The Bertz CT molecular complexity index is 1160. The van der Waals surface area contributed by atoms with Crippen LogP contribution in [-0.2, 0) is 4.74 Å². The lowest BCUT2D eigenvalue weighted by Gasteiger charge is -2.16. The maximum atomic E-state index is 13.2. The first-order valence-corrected chi connectivity index (χ1v) is 7.35. The summed E-state index contributed by atoms with van der Waals surface area (Å²) in [6.07, 6.45) is -2.81. The van der Waals surface area contributed by atoms with E-state index in [1.165, 1.54) is 30.3 Å². The number of fused-ring (bicyclic) bond motifs is 1. The fourth-order valence-corrected chi connectivity index (χ4v) is 2.70. The van der Waals surface area contributed by atoms with E-state index in [-0.39, 0.29) is 27.8 Å². The Balaban J connectivity index is 2.40. The number of nitrogens with two attached hydrogens (primary N) is 2. The highest BCUT2D eigenvalue weighted by molar-refractivity contribution is 6.04. The summed E-state index contributed by atoms with van der Waals surface area (Å²) in [5, 5.41) is 0.100. The Labute approximate surface area is 150 Å².